The van der Waals surface area contributed by atoms with Gasteiger partial charge in [0, 0.05) is 32.9 Å². The van der Waals surface area contributed by atoms with E-state index in [2.05, 4.69) is 241 Å². The van der Waals surface area contributed by atoms with Gasteiger partial charge in [0.25, 0.3) is 0 Å². The molecule has 62 heavy (non-hydrogen) atoms. The van der Waals surface area contributed by atoms with Crippen LogP contribution in [-0.2, 0) is 0 Å². The predicted molar refractivity (Wildman–Crippen MR) is 264 cm³/mol. The largest absolute Gasteiger partial charge is 0.309 e. The van der Waals surface area contributed by atoms with Crippen LogP contribution in [-0.4, -0.2) is 9.13 Å². The van der Waals surface area contributed by atoms with E-state index < -0.39 is 0 Å². The van der Waals surface area contributed by atoms with Gasteiger partial charge in [-0.05, 0) is 147 Å². The van der Waals surface area contributed by atoms with Gasteiger partial charge in [-0.15, -0.1) is 0 Å². The molecule has 12 rings (SSSR count). The lowest BCUT2D eigenvalue weighted by Gasteiger charge is -2.18. The van der Waals surface area contributed by atoms with Crippen LogP contribution in [0.2, 0.25) is 0 Å². The Kier molecular flexibility index (Phi) is 8.33. The molecule has 0 radical (unpaired) electrons. The Bertz CT molecular complexity index is 3620. The first kappa shape index (κ1) is 36.0. The molecule has 0 fully saturated rings. The quantitative estimate of drug-likeness (QED) is 0.159. The van der Waals surface area contributed by atoms with E-state index in [-0.39, 0.29) is 0 Å². The monoisotopic (exact) mass is 790 g/mol. The van der Waals surface area contributed by atoms with Crippen LogP contribution in [0.15, 0.2) is 218 Å². The van der Waals surface area contributed by atoms with Crippen LogP contribution in [0.1, 0.15) is 11.1 Å². The highest BCUT2D eigenvalue weighted by molar-refractivity contribution is 6.22. The molecule has 0 aliphatic carbocycles. The molecule has 0 aliphatic rings. The van der Waals surface area contributed by atoms with E-state index in [1.54, 1.807) is 0 Å². The molecule has 0 saturated carbocycles. The summed E-state index contributed by atoms with van der Waals surface area (Å²) in [6.07, 6.45) is 0. The Labute approximate surface area is 361 Å². The van der Waals surface area contributed by atoms with E-state index in [1.807, 2.05) is 0 Å². The van der Waals surface area contributed by atoms with Gasteiger partial charge in [0.2, 0.25) is 0 Å². The highest BCUT2D eigenvalue weighted by Crippen LogP contribution is 2.42. The summed E-state index contributed by atoms with van der Waals surface area (Å²) >= 11 is 0. The standard InChI is InChI=1S/C60H42N2/c1-39-14-6-8-18-49(39)54-38-46(37-53(40(54)2)44-28-32-48(33-29-44)61-56-22-12-10-20-51(56)52-21-11-13-23-57(52)61)42-26-24-41(25-27-42)45-31-34-58-55(36-45)60-50-19-9-7-15-43(50)30-35-59(60)62(58)47-16-4-3-5-17-47/h3-38H,1-2H3. The number of aromatic nitrogens is 2. The van der Waals surface area contributed by atoms with Crippen molar-refractivity contribution in [2.24, 2.45) is 0 Å². The van der Waals surface area contributed by atoms with Crippen molar-refractivity contribution in [1.29, 1.82) is 0 Å². The van der Waals surface area contributed by atoms with E-state index in [4.69, 9.17) is 0 Å². The molecule has 0 saturated heterocycles. The maximum Gasteiger partial charge on any atom is 0.0547 e. The van der Waals surface area contributed by atoms with Crippen LogP contribution < -0.4 is 0 Å². The van der Waals surface area contributed by atoms with E-state index in [1.165, 1.54) is 116 Å². The zero-order chi connectivity index (χ0) is 41.3. The van der Waals surface area contributed by atoms with Crippen molar-refractivity contribution in [2.45, 2.75) is 13.8 Å². The Hall–Kier alpha value is -7.94. The minimum absolute atomic E-state index is 1.16. The molecule has 2 heteroatoms. The summed E-state index contributed by atoms with van der Waals surface area (Å²) in [4.78, 5) is 0. The summed E-state index contributed by atoms with van der Waals surface area (Å²) in [6, 6.07) is 80.2. The Morgan fingerprint density at radius 2 is 0.806 bits per heavy atom. The van der Waals surface area contributed by atoms with Gasteiger partial charge in [-0.2, -0.15) is 0 Å². The van der Waals surface area contributed by atoms with Crippen LogP contribution >= 0.6 is 0 Å². The van der Waals surface area contributed by atoms with Gasteiger partial charge in [0.15, 0.2) is 0 Å². The minimum atomic E-state index is 1.16. The van der Waals surface area contributed by atoms with Crippen LogP contribution in [0.4, 0.5) is 0 Å². The maximum atomic E-state index is 2.41. The summed E-state index contributed by atoms with van der Waals surface area (Å²) in [7, 11) is 0. The van der Waals surface area contributed by atoms with Gasteiger partial charge >= 0.3 is 0 Å². The van der Waals surface area contributed by atoms with Crippen molar-refractivity contribution >= 4 is 54.4 Å². The van der Waals surface area contributed by atoms with Crippen LogP contribution in [0, 0.1) is 13.8 Å². The number of aryl methyl sites for hydroxylation is 1. The van der Waals surface area contributed by atoms with Crippen molar-refractivity contribution < 1.29 is 0 Å². The lowest BCUT2D eigenvalue weighted by Crippen LogP contribution is -1.95. The molecule has 0 aliphatic heterocycles. The number of rotatable bonds is 6. The summed E-state index contributed by atoms with van der Waals surface area (Å²) in [5.74, 6) is 0. The van der Waals surface area contributed by atoms with Gasteiger partial charge in [-0.1, -0.05) is 152 Å². The number of fused-ring (bicyclic) bond motifs is 8. The predicted octanol–water partition coefficient (Wildman–Crippen LogP) is 16.3. The highest BCUT2D eigenvalue weighted by Gasteiger charge is 2.18. The van der Waals surface area contributed by atoms with E-state index >= 15 is 0 Å². The minimum Gasteiger partial charge on any atom is -0.309 e. The van der Waals surface area contributed by atoms with Gasteiger partial charge < -0.3 is 9.13 Å². The van der Waals surface area contributed by atoms with Gasteiger partial charge in [0.05, 0.1) is 22.1 Å². The highest BCUT2D eigenvalue weighted by atomic mass is 15.0. The molecule has 2 nitrogen and oxygen atoms in total. The molecular formula is C60H42N2. The normalized spacial score (nSPS) is 11.7. The molecule has 12 aromatic rings. The molecular weight excluding hydrogens is 749 g/mol. The van der Waals surface area contributed by atoms with Gasteiger partial charge in [0.1, 0.15) is 0 Å². The lowest BCUT2D eigenvalue weighted by atomic mass is 9.87. The molecule has 0 atom stereocenters. The summed E-state index contributed by atoms with van der Waals surface area (Å²) in [5.41, 5.74) is 19.5. The van der Waals surface area contributed by atoms with Crippen LogP contribution in [0.5, 0.6) is 0 Å². The molecule has 2 aromatic heterocycles. The van der Waals surface area contributed by atoms with E-state index in [9.17, 15) is 0 Å². The van der Waals surface area contributed by atoms with E-state index in [0.717, 1.165) is 5.69 Å². The van der Waals surface area contributed by atoms with Crippen LogP contribution in [0.25, 0.3) is 110 Å². The molecule has 0 spiro atoms. The first-order valence-corrected chi connectivity index (χ1v) is 21.5. The maximum absolute atomic E-state index is 2.41. The number of para-hydroxylation sites is 3. The third kappa shape index (κ3) is 5.72. The average Bonchev–Trinajstić information content (AvgIpc) is 3.85. The molecule has 0 unspecified atom stereocenters. The Morgan fingerprint density at radius 3 is 1.53 bits per heavy atom. The third-order valence-electron chi connectivity index (χ3n) is 13.1. The number of nitrogens with zero attached hydrogens (tertiary/aromatic N) is 2. The SMILES string of the molecule is Cc1ccccc1-c1cc(-c2ccc(-c3ccc4c(c3)c3c5ccccc5ccc3n4-c3ccccc3)cc2)cc(-c2ccc(-n3c4ccccc4c4ccccc43)cc2)c1C. The van der Waals surface area contributed by atoms with Gasteiger partial charge in [-0.25, -0.2) is 0 Å². The number of hydrogen-bond acceptors (Lipinski definition) is 0. The second kappa shape index (κ2) is 14.4. The van der Waals surface area contributed by atoms with Crippen LogP contribution in [0.3, 0.4) is 0 Å². The fourth-order valence-electron chi connectivity index (χ4n) is 10.0. The van der Waals surface area contributed by atoms with E-state index in [0.29, 0.717) is 0 Å². The van der Waals surface area contributed by atoms with Crippen molar-refractivity contribution in [3.8, 4) is 55.9 Å². The van der Waals surface area contributed by atoms with Crippen molar-refractivity contribution in [3.05, 3.63) is 230 Å². The Morgan fingerprint density at radius 1 is 0.290 bits per heavy atom. The van der Waals surface area contributed by atoms with Gasteiger partial charge in [-0.3, -0.25) is 0 Å². The first-order chi connectivity index (χ1) is 30.6. The topological polar surface area (TPSA) is 9.86 Å². The summed E-state index contributed by atoms with van der Waals surface area (Å²) in [6.45, 7) is 4.49. The lowest BCUT2D eigenvalue weighted by molar-refractivity contribution is 1.18. The fourth-order valence-corrected chi connectivity index (χ4v) is 10.0. The molecule has 2 heterocycles. The smallest absolute Gasteiger partial charge is 0.0547 e. The zero-order valence-corrected chi connectivity index (χ0v) is 34.7. The van der Waals surface area contributed by atoms with Crippen molar-refractivity contribution in [3.63, 3.8) is 0 Å². The fraction of sp³-hybridized carbons (Fsp3) is 0.0333. The molecule has 0 bridgehead atoms. The zero-order valence-electron chi connectivity index (χ0n) is 34.7. The first-order valence-electron chi connectivity index (χ1n) is 21.5. The van der Waals surface area contributed by atoms with Crippen molar-refractivity contribution in [1.82, 2.24) is 9.13 Å². The molecule has 0 amide bonds. The molecule has 0 N–H and O–H groups in total. The average molecular weight is 791 g/mol. The third-order valence-corrected chi connectivity index (χ3v) is 13.1. The number of hydrogen-bond donors (Lipinski definition) is 0. The molecule has 292 valence electrons. The second-order valence-corrected chi connectivity index (χ2v) is 16.6. The second-order valence-electron chi connectivity index (χ2n) is 16.6. The van der Waals surface area contributed by atoms with Crippen molar-refractivity contribution in [2.75, 3.05) is 0 Å². The Balaban J connectivity index is 0.966. The summed E-state index contributed by atoms with van der Waals surface area (Å²) < 4.78 is 4.79. The molecule has 10 aromatic carbocycles. The number of benzene rings is 10. The summed E-state index contributed by atoms with van der Waals surface area (Å²) in [5, 5.41) is 7.63.